The van der Waals surface area contributed by atoms with Crippen LogP contribution in [0.5, 0.6) is 0 Å². The summed E-state index contributed by atoms with van der Waals surface area (Å²) in [6.07, 6.45) is -1.44. The summed E-state index contributed by atoms with van der Waals surface area (Å²) < 4.78 is 9.77. The van der Waals surface area contributed by atoms with Crippen LogP contribution in [0.4, 0.5) is 0 Å². The Balaban J connectivity index is 2.69. The summed E-state index contributed by atoms with van der Waals surface area (Å²) in [6.45, 7) is -0.362. The number of hydrogen-bond acceptors (Lipinski definition) is 5. The number of aliphatic hydroxyl groups is 3. The van der Waals surface area contributed by atoms with E-state index in [-0.39, 0.29) is 12.4 Å². The second-order valence-electron chi connectivity index (χ2n) is 2.50. The Morgan fingerprint density at radius 3 is 2.83 bits per heavy atom. The van der Waals surface area contributed by atoms with Gasteiger partial charge in [-0.15, -0.1) is 0 Å². The van der Waals surface area contributed by atoms with E-state index in [1.165, 1.54) is 13.2 Å². The van der Waals surface area contributed by atoms with Gasteiger partial charge in [0.2, 0.25) is 0 Å². The molecule has 0 aromatic heterocycles. The van der Waals surface area contributed by atoms with Crippen molar-refractivity contribution < 1.29 is 24.8 Å². The summed E-state index contributed by atoms with van der Waals surface area (Å²) in [5.74, 6) is -0.229. The monoisotopic (exact) mass is 176 g/mol. The smallest absolute Gasteiger partial charge is 0.180 e. The van der Waals surface area contributed by atoms with Crippen LogP contribution < -0.4 is 0 Å². The first kappa shape index (κ1) is 9.47. The zero-order valence-electron chi connectivity index (χ0n) is 6.67. The summed E-state index contributed by atoms with van der Waals surface area (Å²) in [7, 11) is 1.40. The standard InChI is InChI=1S/C7H12O5/c1-11-6-2-4(9)7(10)5(3-8)12-6/h2,5-10H,3H2,1H3/t5-,6-,7+/m1/s1. The molecule has 0 aromatic rings. The van der Waals surface area contributed by atoms with Crippen molar-refractivity contribution in [1.82, 2.24) is 0 Å². The van der Waals surface area contributed by atoms with Crippen LogP contribution in [0.2, 0.25) is 0 Å². The fourth-order valence-electron chi connectivity index (χ4n) is 0.981. The van der Waals surface area contributed by atoms with E-state index in [1.807, 2.05) is 0 Å². The van der Waals surface area contributed by atoms with Crippen molar-refractivity contribution in [2.24, 2.45) is 0 Å². The number of aliphatic hydroxyl groups excluding tert-OH is 3. The second-order valence-corrected chi connectivity index (χ2v) is 2.50. The van der Waals surface area contributed by atoms with Gasteiger partial charge >= 0.3 is 0 Å². The fourth-order valence-corrected chi connectivity index (χ4v) is 0.981. The van der Waals surface area contributed by atoms with Gasteiger partial charge in [-0.1, -0.05) is 0 Å². The molecule has 1 heterocycles. The molecule has 0 bridgehead atoms. The molecule has 5 nitrogen and oxygen atoms in total. The molecular weight excluding hydrogens is 164 g/mol. The molecule has 5 heteroatoms. The average Bonchev–Trinajstić information content (AvgIpc) is 2.09. The van der Waals surface area contributed by atoms with E-state index in [9.17, 15) is 5.11 Å². The average molecular weight is 176 g/mol. The molecule has 70 valence electrons. The minimum atomic E-state index is -1.17. The number of methoxy groups -OCH3 is 1. The molecule has 0 saturated carbocycles. The van der Waals surface area contributed by atoms with Crippen molar-refractivity contribution in [1.29, 1.82) is 0 Å². The molecule has 0 unspecified atom stereocenters. The number of ether oxygens (including phenoxy) is 2. The summed E-state index contributed by atoms with van der Waals surface area (Å²) in [5.41, 5.74) is 0. The highest BCUT2D eigenvalue weighted by Crippen LogP contribution is 2.17. The zero-order valence-corrected chi connectivity index (χ0v) is 6.67. The minimum absolute atomic E-state index is 0.229. The second kappa shape index (κ2) is 3.86. The molecule has 1 rings (SSSR count). The summed E-state index contributed by atoms with van der Waals surface area (Å²) >= 11 is 0. The summed E-state index contributed by atoms with van der Waals surface area (Å²) in [4.78, 5) is 0. The van der Waals surface area contributed by atoms with Crippen LogP contribution in [0.3, 0.4) is 0 Å². The van der Waals surface area contributed by atoms with Gasteiger partial charge in [-0.3, -0.25) is 0 Å². The first-order chi connectivity index (χ1) is 5.69. The maximum Gasteiger partial charge on any atom is 0.180 e. The van der Waals surface area contributed by atoms with Gasteiger partial charge in [-0.2, -0.15) is 0 Å². The molecule has 1 aliphatic rings. The van der Waals surface area contributed by atoms with Crippen molar-refractivity contribution in [2.45, 2.75) is 18.5 Å². The van der Waals surface area contributed by atoms with Crippen LogP contribution >= 0.6 is 0 Å². The lowest BCUT2D eigenvalue weighted by atomic mass is 10.1. The SMILES string of the molecule is CO[C@H]1C=C(O)[C@H](O)[C@@H](CO)O1. The van der Waals surface area contributed by atoms with Gasteiger partial charge in [0.05, 0.1) is 6.61 Å². The lowest BCUT2D eigenvalue weighted by Gasteiger charge is -2.29. The van der Waals surface area contributed by atoms with E-state index in [0.29, 0.717) is 0 Å². The van der Waals surface area contributed by atoms with Gasteiger partial charge in [0.1, 0.15) is 18.0 Å². The van der Waals surface area contributed by atoms with Crippen LogP contribution in [0.1, 0.15) is 0 Å². The third-order valence-electron chi connectivity index (χ3n) is 1.68. The molecule has 12 heavy (non-hydrogen) atoms. The lowest BCUT2D eigenvalue weighted by molar-refractivity contribution is -0.178. The maximum absolute atomic E-state index is 9.19. The van der Waals surface area contributed by atoms with E-state index >= 15 is 0 Å². The number of hydrogen-bond donors (Lipinski definition) is 3. The Labute approximate surface area is 69.8 Å². The largest absolute Gasteiger partial charge is 0.510 e. The van der Waals surface area contributed by atoms with Crippen LogP contribution in [-0.4, -0.2) is 47.5 Å². The Bertz CT molecular complexity index is 179. The predicted molar refractivity (Wildman–Crippen MR) is 39.5 cm³/mol. The first-order valence-corrected chi connectivity index (χ1v) is 3.57. The van der Waals surface area contributed by atoms with Crippen molar-refractivity contribution in [3.8, 4) is 0 Å². The van der Waals surface area contributed by atoms with Crippen molar-refractivity contribution in [3.05, 3.63) is 11.8 Å². The topological polar surface area (TPSA) is 79.2 Å². The Morgan fingerprint density at radius 1 is 1.67 bits per heavy atom. The Kier molecular flexibility index (Phi) is 3.05. The molecule has 3 atom stereocenters. The molecule has 0 radical (unpaired) electrons. The van der Waals surface area contributed by atoms with Crippen molar-refractivity contribution in [2.75, 3.05) is 13.7 Å². The van der Waals surface area contributed by atoms with Gasteiger partial charge < -0.3 is 24.8 Å². The van der Waals surface area contributed by atoms with E-state index in [0.717, 1.165) is 0 Å². The quantitative estimate of drug-likeness (QED) is 0.511. The lowest BCUT2D eigenvalue weighted by Crippen LogP contribution is -2.41. The van der Waals surface area contributed by atoms with Crippen LogP contribution in [0.15, 0.2) is 11.8 Å². The van der Waals surface area contributed by atoms with Gasteiger partial charge in [0, 0.05) is 13.2 Å². The van der Waals surface area contributed by atoms with Gasteiger partial charge in [-0.25, -0.2) is 0 Å². The van der Waals surface area contributed by atoms with Crippen LogP contribution in [-0.2, 0) is 9.47 Å². The van der Waals surface area contributed by atoms with E-state index in [4.69, 9.17) is 19.7 Å². The van der Waals surface area contributed by atoms with Gasteiger partial charge in [-0.05, 0) is 0 Å². The predicted octanol–water partition coefficient (Wildman–Crippen LogP) is -0.847. The molecule has 1 aliphatic heterocycles. The normalized spacial score (nSPS) is 36.2. The molecule has 0 saturated heterocycles. The Hall–Kier alpha value is -0.620. The fraction of sp³-hybridized carbons (Fsp3) is 0.714. The summed E-state index contributed by atoms with van der Waals surface area (Å²) in [5, 5.41) is 27.0. The third-order valence-corrected chi connectivity index (χ3v) is 1.68. The first-order valence-electron chi connectivity index (χ1n) is 3.57. The van der Waals surface area contributed by atoms with Crippen LogP contribution in [0, 0.1) is 0 Å². The maximum atomic E-state index is 9.19. The molecule has 0 fully saturated rings. The van der Waals surface area contributed by atoms with E-state index < -0.39 is 18.5 Å². The van der Waals surface area contributed by atoms with Gasteiger partial charge in [0.25, 0.3) is 0 Å². The van der Waals surface area contributed by atoms with Crippen molar-refractivity contribution in [3.63, 3.8) is 0 Å². The third kappa shape index (κ3) is 1.75. The molecule has 0 amide bonds. The van der Waals surface area contributed by atoms with Crippen LogP contribution in [0.25, 0.3) is 0 Å². The molecule has 3 N–H and O–H groups in total. The Morgan fingerprint density at radius 2 is 2.33 bits per heavy atom. The number of rotatable bonds is 2. The van der Waals surface area contributed by atoms with Crippen molar-refractivity contribution >= 4 is 0 Å². The zero-order chi connectivity index (χ0) is 9.14. The molecule has 0 aromatic carbocycles. The molecular formula is C7H12O5. The highest BCUT2D eigenvalue weighted by atomic mass is 16.7. The minimum Gasteiger partial charge on any atom is -0.510 e. The molecule has 0 spiro atoms. The molecule has 0 aliphatic carbocycles. The van der Waals surface area contributed by atoms with E-state index in [2.05, 4.69) is 0 Å². The van der Waals surface area contributed by atoms with E-state index in [1.54, 1.807) is 0 Å². The highest BCUT2D eigenvalue weighted by Gasteiger charge is 2.30. The summed E-state index contributed by atoms with van der Waals surface area (Å²) in [6, 6.07) is 0. The van der Waals surface area contributed by atoms with Gasteiger partial charge in [0.15, 0.2) is 6.29 Å². The highest BCUT2D eigenvalue weighted by molar-refractivity contribution is 5.06.